The van der Waals surface area contributed by atoms with Crippen LogP contribution in [0.3, 0.4) is 0 Å². The number of aromatic nitrogens is 3. The van der Waals surface area contributed by atoms with Crippen LogP contribution in [0.2, 0.25) is 5.28 Å². The first-order valence-corrected chi connectivity index (χ1v) is 9.83. The Morgan fingerprint density at radius 2 is 2.25 bits per heavy atom. The Labute approximate surface area is 168 Å². The van der Waals surface area contributed by atoms with Gasteiger partial charge in [-0.1, -0.05) is 6.07 Å². The van der Waals surface area contributed by atoms with Crippen molar-refractivity contribution < 1.29 is 13.2 Å². The van der Waals surface area contributed by atoms with Gasteiger partial charge < -0.3 is 19.9 Å². The number of halogens is 2. The molecule has 0 spiro atoms. The van der Waals surface area contributed by atoms with Crippen LogP contribution in [0.15, 0.2) is 38.8 Å². The molecule has 4 aromatic rings. The smallest absolute Gasteiger partial charge is 0.231 e. The standard InChI is InChI=1S/C18H17ClFN5O2S/c1-9(20)11(21)7-12-13(17-22-4-5-26-17)14-15(27-12)16(25-18(19)24-14)23-8-10-3-2-6-28-10/h2-6,9,11H,7-8,21H2,1H3,(H,23,24,25)/t9-,11+/m0/s1. The van der Waals surface area contributed by atoms with Crippen molar-refractivity contribution in [2.75, 3.05) is 5.32 Å². The molecule has 0 unspecified atom stereocenters. The number of nitrogens with two attached hydrogens (primary N) is 1. The Bertz CT molecular complexity index is 1070. The molecule has 0 aliphatic carbocycles. The molecule has 0 bridgehead atoms. The lowest BCUT2D eigenvalue weighted by molar-refractivity contribution is 0.296. The Kier molecular flexibility index (Phi) is 5.29. The molecule has 4 aromatic heterocycles. The van der Waals surface area contributed by atoms with E-state index in [1.54, 1.807) is 11.3 Å². The highest BCUT2D eigenvalue weighted by molar-refractivity contribution is 7.09. The van der Waals surface area contributed by atoms with Gasteiger partial charge in [-0.25, -0.2) is 14.4 Å². The van der Waals surface area contributed by atoms with Crippen LogP contribution in [0.5, 0.6) is 0 Å². The van der Waals surface area contributed by atoms with Crippen molar-refractivity contribution in [2.45, 2.75) is 32.1 Å². The van der Waals surface area contributed by atoms with E-state index in [4.69, 9.17) is 26.2 Å². The molecular formula is C18H17ClFN5O2S. The van der Waals surface area contributed by atoms with Crippen LogP contribution in [0.1, 0.15) is 17.6 Å². The van der Waals surface area contributed by atoms with Gasteiger partial charge >= 0.3 is 0 Å². The number of nitrogens with zero attached hydrogens (tertiary/aromatic N) is 3. The largest absolute Gasteiger partial charge is 0.455 e. The van der Waals surface area contributed by atoms with Crippen molar-refractivity contribution in [3.63, 3.8) is 0 Å². The summed E-state index contributed by atoms with van der Waals surface area (Å²) in [6.45, 7) is 1.95. The van der Waals surface area contributed by atoms with E-state index in [0.717, 1.165) is 4.88 Å². The van der Waals surface area contributed by atoms with Crippen LogP contribution >= 0.6 is 22.9 Å². The third-order valence-corrected chi connectivity index (χ3v) is 5.29. The Balaban J connectivity index is 1.81. The molecule has 7 nitrogen and oxygen atoms in total. The summed E-state index contributed by atoms with van der Waals surface area (Å²) >= 11 is 7.76. The molecule has 0 radical (unpaired) electrons. The number of thiophene rings is 1. The first-order valence-electron chi connectivity index (χ1n) is 8.57. The highest BCUT2D eigenvalue weighted by Crippen LogP contribution is 2.37. The molecule has 3 N–H and O–H groups in total. The summed E-state index contributed by atoms with van der Waals surface area (Å²) < 4.78 is 25.1. The summed E-state index contributed by atoms with van der Waals surface area (Å²) in [5.41, 5.74) is 7.25. The molecule has 146 valence electrons. The van der Waals surface area contributed by atoms with E-state index >= 15 is 0 Å². The zero-order chi connectivity index (χ0) is 19.7. The zero-order valence-electron chi connectivity index (χ0n) is 14.9. The van der Waals surface area contributed by atoms with Crippen LogP contribution in [-0.4, -0.2) is 27.2 Å². The number of rotatable bonds is 7. The maximum Gasteiger partial charge on any atom is 0.231 e. The lowest BCUT2D eigenvalue weighted by Gasteiger charge is -2.11. The third-order valence-electron chi connectivity index (χ3n) is 4.25. The van der Waals surface area contributed by atoms with Crippen LogP contribution < -0.4 is 11.1 Å². The second-order valence-electron chi connectivity index (χ2n) is 6.23. The molecule has 0 fully saturated rings. The van der Waals surface area contributed by atoms with Crippen LogP contribution in [-0.2, 0) is 13.0 Å². The maximum absolute atomic E-state index is 13.7. The summed E-state index contributed by atoms with van der Waals surface area (Å²) in [6, 6.07) is 3.22. The summed E-state index contributed by atoms with van der Waals surface area (Å²) in [4.78, 5) is 13.9. The van der Waals surface area contributed by atoms with Gasteiger partial charge in [-0.3, -0.25) is 0 Å². The average molecular weight is 422 g/mol. The average Bonchev–Trinajstić information content (AvgIpc) is 3.40. The van der Waals surface area contributed by atoms with Crippen molar-refractivity contribution in [3.8, 4) is 11.5 Å². The van der Waals surface area contributed by atoms with Gasteiger partial charge in [0.05, 0.1) is 12.7 Å². The highest BCUT2D eigenvalue weighted by atomic mass is 35.5. The van der Waals surface area contributed by atoms with Gasteiger partial charge in [0.2, 0.25) is 11.2 Å². The lowest BCUT2D eigenvalue weighted by atomic mass is 10.1. The summed E-state index contributed by atoms with van der Waals surface area (Å²) in [5.74, 6) is 1.15. The molecule has 28 heavy (non-hydrogen) atoms. The quantitative estimate of drug-likeness (QED) is 0.425. The Hall–Kier alpha value is -2.49. The lowest BCUT2D eigenvalue weighted by Crippen LogP contribution is -2.31. The molecule has 4 rings (SSSR count). The van der Waals surface area contributed by atoms with Gasteiger partial charge in [-0.15, -0.1) is 11.3 Å². The van der Waals surface area contributed by atoms with Gasteiger partial charge in [-0.05, 0) is 30.0 Å². The molecule has 0 amide bonds. The van der Waals surface area contributed by atoms with E-state index in [1.165, 1.54) is 19.4 Å². The molecule has 0 saturated heterocycles. The van der Waals surface area contributed by atoms with E-state index < -0.39 is 12.2 Å². The number of oxazole rings is 1. The number of hydrogen-bond donors (Lipinski definition) is 2. The summed E-state index contributed by atoms with van der Waals surface area (Å²) in [7, 11) is 0. The minimum Gasteiger partial charge on any atom is -0.455 e. The maximum atomic E-state index is 13.7. The Morgan fingerprint density at radius 1 is 1.39 bits per heavy atom. The number of furan rings is 1. The molecule has 0 aliphatic rings. The second-order valence-corrected chi connectivity index (χ2v) is 7.61. The summed E-state index contributed by atoms with van der Waals surface area (Å²) in [6.07, 6.45) is 1.88. The zero-order valence-corrected chi connectivity index (χ0v) is 16.4. The molecule has 0 aliphatic heterocycles. The molecule has 0 saturated carbocycles. The van der Waals surface area contributed by atoms with E-state index in [1.807, 2.05) is 17.5 Å². The summed E-state index contributed by atoms with van der Waals surface area (Å²) in [5, 5.41) is 5.25. The van der Waals surface area contributed by atoms with Gasteiger partial charge in [0.1, 0.15) is 29.3 Å². The van der Waals surface area contributed by atoms with Crippen molar-refractivity contribution in [1.82, 2.24) is 15.0 Å². The number of anilines is 1. The molecular weight excluding hydrogens is 405 g/mol. The van der Waals surface area contributed by atoms with Gasteiger partial charge in [0.25, 0.3) is 0 Å². The minimum atomic E-state index is -1.21. The number of fused-ring (bicyclic) bond motifs is 1. The SMILES string of the molecule is C[C@H](F)[C@H](N)Cc1oc2c(NCc3cccs3)nc(Cl)nc2c1-c1ncco1. The first kappa shape index (κ1) is 18.9. The van der Waals surface area contributed by atoms with Gasteiger partial charge in [0, 0.05) is 17.3 Å². The Morgan fingerprint density at radius 3 is 2.93 bits per heavy atom. The van der Waals surface area contributed by atoms with Crippen LogP contribution in [0.25, 0.3) is 22.6 Å². The van der Waals surface area contributed by atoms with Crippen molar-refractivity contribution >= 4 is 39.9 Å². The fourth-order valence-corrected chi connectivity index (χ4v) is 3.60. The van der Waals surface area contributed by atoms with Gasteiger partial charge in [0.15, 0.2) is 11.4 Å². The van der Waals surface area contributed by atoms with Crippen LogP contribution in [0.4, 0.5) is 10.2 Å². The normalized spacial score (nSPS) is 13.7. The minimum absolute atomic E-state index is 0.0458. The number of hydrogen-bond acceptors (Lipinski definition) is 8. The molecule has 0 aromatic carbocycles. The number of nitrogens with one attached hydrogen (secondary N) is 1. The van der Waals surface area contributed by atoms with Crippen molar-refractivity contribution in [2.24, 2.45) is 5.73 Å². The highest BCUT2D eigenvalue weighted by Gasteiger charge is 2.26. The predicted molar refractivity (Wildman–Crippen MR) is 106 cm³/mol. The first-order chi connectivity index (χ1) is 13.5. The van der Waals surface area contributed by atoms with E-state index in [0.29, 0.717) is 40.7 Å². The third kappa shape index (κ3) is 3.73. The van der Waals surface area contributed by atoms with E-state index in [9.17, 15) is 4.39 Å². The van der Waals surface area contributed by atoms with Crippen molar-refractivity contribution in [1.29, 1.82) is 0 Å². The van der Waals surface area contributed by atoms with E-state index in [2.05, 4.69) is 20.3 Å². The van der Waals surface area contributed by atoms with Crippen LogP contribution in [0, 0.1) is 0 Å². The monoisotopic (exact) mass is 421 g/mol. The fourth-order valence-electron chi connectivity index (χ4n) is 2.79. The topological polar surface area (TPSA) is 103 Å². The predicted octanol–water partition coefficient (Wildman–Crippen LogP) is 4.43. The second kappa shape index (κ2) is 7.86. The number of alkyl halides is 1. The molecule has 10 heteroatoms. The molecule has 4 heterocycles. The fraction of sp³-hybridized carbons (Fsp3) is 0.278. The molecule has 2 atom stereocenters. The van der Waals surface area contributed by atoms with E-state index in [-0.39, 0.29) is 11.7 Å². The van der Waals surface area contributed by atoms with Crippen molar-refractivity contribution in [3.05, 3.63) is 45.9 Å². The van der Waals surface area contributed by atoms with Gasteiger partial charge in [-0.2, -0.15) is 4.98 Å².